The molecule has 186 valence electrons. The molecule has 0 saturated carbocycles. The Morgan fingerprint density at radius 3 is 2.24 bits per heavy atom. The van der Waals surface area contributed by atoms with Gasteiger partial charge >= 0.3 is 11.7 Å². The number of hydrogen-bond acceptors (Lipinski definition) is 7. The summed E-state index contributed by atoms with van der Waals surface area (Å²) >= 11 is 11.9. The molecule has 1 heterocycles. The van der Waals surface area contributed by atoms with Gasteiger partial charge in [0, 0.05) is 7.05 Å². The highest BCUT2D eigenvalue weighted by Gasteiger charge is 2.51. The predicted octanol–water partition coefficient (Wildman–Crippen LogP) is 4.82. The van der Waals surface area contributed by atoms with Crippen molar-refractivity contribution in [2.24, 2.45) is 5.16 Å². The maximum atomic E-state index is 13.4. The van der Waals surface area contributed by atoms with E-state index in [9.17, 15) is 40.0 Å². The van der Waals surface area contributed by atoms with Crippen LogP contribution in [0.1, 0.15) is 18.2 Å². The average Bonchev–Trinajstić information content (AvgIpc) is 3.09. The molecule has 0 spiro atoms. The maximum Gasteiger partial charge on any atom is 0.502 e. The number of halogens is 8. The molecule has 0 aliphatic carbocycles. The first-order valence-electron chi connectivity index (χ1n) is 8.83. The second-order valence-electron chi connectivity index (χ2n) is 6.35. The molecule has 0 amide bonds. The maximum absolute atomic E-state index is 13.4. The summed E-state index contributed by atoms with van der Waals surface area (Å²) in [7, 11) is -5.04. The van der Waals surface area contributed by atoms with Crippen LogP contribution in [0.4, 0.5) is 32.2 Å². The molecule has 0 fully saturated rings. The fraction of sp³-hybridized carbons (Fsp3) is 0.353. The Morgan fingerprint density at radius 2 is 1.79 bits per heavy atom. The number of benzene rings is 1. The highest BCUT2D eigenvalue weighted by Crippen LogP contribution is 2.43. The summed E-state index contributed by atoms with van der Waals surface area (Å²) in [4.78, 5) is 4.07. The van der Waals surface area contributed by atoms with E-state index in [0.29, 0.717) is 16.8 Å². The van der Waals surface area contributed by atoms with Crippen molar-refractivity contribution in [2.45, 2.75) is 23.5 Å². The molecule has 2 rings (SSSR count). The van der Waals surface area contributed by atoms with Gasteiger partial charge in [0.1, 0.15) is 18.4 Å². The van der Waals surface area contributed by atoms with Gasteiger partial charge in [0.05, 0.1) is 28.4 Å². The van der Waals surface area contributed by atoms with Crippen molar-refractivity contribution < 1.29 is 39.6 Å². The van der Waals surface area contributed by atoms with Gasteiger partial charge in [-0.3, -0.25) is 0 Å². The van der Waals surface area contributed by atoms with Crippen LogP contribution in [0, 0.1) is 11.3 Å². The summed E-state index contributed by atoms with van der Waals surface area (Å²) in [6.07, 6.45) is -3.80. The number of hydrogen-bond donors (Lipinski definition) is 0. The Balaban J connectivity index is 2.92. The van der Waals surface area contributed by atoms with E-state index in [1.807, 2.05) is 0 Å². The number of rotatable bonds is 7. The summed E-state index contributed by atoms with van der Waals surface area (Å²) in [6, 6.07) is 2.10. The van der Waals surface area contributed by atoms with Gasteiger partial charge in [-0.25, -0.2) is 13.1 Å². The highest BCUT2D eigenvalue weighted by molar-refractivity contribution is 7.92. The Hall–Kier alpha value is -2.70. The van der Waals surface area contributed by atoms with Gasteiger partial charge in [-0.05, 0) is 19.1 Å². The van der Waals surface area contributed by atoms with E-state index >= 15 is 0 Å². The highest BCUT2D eigenvalue weighted by atomic mass is 35.5. The smallest absolute Gasteiger partial charge is 0.396 e. The van der Waals surface area contributed by atoms with Crippen molar-refractivity contribution >= 4 is 45.1 Å². The molecule has 0 aliphatic rings. The monoisotopic (exact) mass is 551 g/mol. The lowest BCUT2D eigenvalue weighted by molar-refractivity contribution is -0.137. The molecule has 0 unspecified atom stereocenters. The lowest BCUT2D eigenvalue weighted by Crippen LogP contribution is -2.29. The Bertz CT molecular complexity index is 1230. The van der Waals surface area contributed by atoms with Crippen molar-refractivity contribution in [2.75, 3.05) is 25.1 Å². The summed E-state index contributed by atoms with van der Waals surface area (Å²) in [6.45, 7) is 1.38. The average molecular weight is 552 g/mol. The number of nitriles is 1. The number of alkyl halides is 6. The van der Waals surface area contributed by atoms with Gasteiger partial charge in [0.2, 0.25) is 0 Å². The van der Waals surface area contributed by atoms with Gasteiger partial charge in [-0.2, -0.15) is 36.7 Å². The van der Waals surface area contributed by atoms with Crippen LogP contribution in [0.25, 0.3) is 5.69 Å². The van der Waals surface area contributed by atoms with Crippen LogP contribution >= 0.6 is 23.2 Å². The Labute approximate surface area is 198 Å². The van der Waals surface area contributed by atoms with Crippen LogP contribution in [0.3, 0.4) is 0 Å². The van der Waals surface area contributed by atoms with E-state index in [1.165, 1.54) is 6.07 Å². The molecule has 1 aromatic heterocycles. The van der Waals surface area contributed by atoms with Crippen LogP contribution in [-0.4, -0.2) is 50.1 Å². The molecular weight excluding hydrogens is 539 g/mol. The van der Waals surface area contributed by atoms with Gasteiger partial charge in [0.25, 0.3) is 9.84 Å². The molecule has 0 atom stereocenters. The Kier molecular flexibility index (Phi) is 8.01. The van der Waals surface area contributed by atoms with Crippen molar-refractivity contribution in [3.05, 3.63) is 33.4 Å². The fourth-order valence-electron chi connectivity index (χ4n) is 2.62. The second kappa shape index (κ2) is 9.88. The molecule has 17 heteroatoms. The van der Waals surface area contributed by atoms with E-state index in [0.717, 1.165) is 18.2 Å². The third kappa shape index (κ3) is 5.34. The zero-order valence-electron chi connectivity index (χ0n) is 17.0. The first kappa shape index (κ1) is 27.5. The van der Waals surface area contributed by atoms with Crippen LogP contribution < -0.4 is 4.90 Å². The molecule has 0 saturated heterocycles. The first-order chi connectivity index (χ1) is 15.6. The molecule has 0 aliphatic heterocycles. The predicted molar refractivity (Wildman–Crippen MR) is 110 cm³/mol. The molecule has 1 aromatic carbocycles. The van der Waals surface area contributed by atoms with E-state index in [4.69, 9.17) is 28.0 Å². The Morgan fingerprint density at radius 1 is 1.24 bits per heavy atom. The molecular formula is C17H13Cl2F6N5O3S. The standard InChI is InChI=1S/C17H13Cl2F6N5O3S/c1-3-33-27-4-5-29(2)15-14(34(31,32)17(23,24)25)12(8-26)28-30(15)13-10(18)6-9(7-11(13)19)16(20,21)22/h4,6-7H,3,5H2,1-2H3/b27-4+. The van der Waals surface area contributed by atoms with Crippen molar-refractivity contribution in [3.63, 3.8) is 0 Å². The largest absolute Gasteiger partial charge is 0.502 e. The molecule has 34 heavy (non-hydrogen) atoms. The second-order valence-corrected chi connectivity index (χ2v) is 9.04. The topological polar surface area (TPSA) is 101 Å². The van der Waals surface area contributed by atoms with Crippen LogP contribution in [0.15, 0.2) is 22.2 Å². The number of nitrogens with zero attached hydrogens (tertiary/aromatic N) is 5. The molecule has 8 nitrogen and oxygen atoms in total. The van der Waals surface area contributed by atoms with Gasteiger partial charge < -0.3 is 9.74 Å². The van der Waals surface area contributed by atoms with Crippen LogP contribution in [0.5, 0.6) is 0 Å². The third-order valence-electron chi connectivity index (χ3n) is 4.05. The number of oxime groups is 1. The van der Waals surface area contributed by atoms with Gasteiger partial charge in [-0.1, -0.05) is 28.4 Å². The first-order valence-corrected chi connectivity index (χ1v) is 11.1. The van der Waals surface area contributed by atoms with Gasteiger partial charge in [0.15, 0.2) is 16.4 Å². The molecule has 0 bridgehead atoms. The van der Waals surface area contributed by atoms with Crippen molar-refractivity contribution in [3.8, 4) is 11.8 Å². The van der Waals surface area contributed by atoms with E-state index in [2.05, 4.69) is 10.3 Å². The fourth-order valence-corrected chi connectivity index (χ4v) is 4.33. The van der Waals surface area contributed by atoms with Gasteiger partial charge in [-0.15, -0.1) is 0 Å². The van der Waals surface area contributed by atoms with E-state index < -0.39 is 59.2 Å². The summed E-state index contributed by atoms with van der Waals surface area (Å²) in [5, 5.41) is 14.9. The minimum Gasteiger partial charge on any atom is -0.396 e. The van der Waals surface area contributed by atoms with Crippen LogP contribution in [-0.2, 0) is 20.9 Å². The normalized spacial score (nSPS) is 12.7. The SMILES string of the molecule is CCO/N=C/CN(C)c1c(S(=O)(=O)C(F)(F)F)c(C#N)nn1-c1c(Cl)cc(C(F)(F)F)cc1Cl. The van der Waals surface area contributed by atoms with Crippen molar-refractivity contribution in [1.29, 1.82) is 5.26 Å². The van der Waals surface area contributed by atoms with E-state index in [1.54, 1.807) is 6.92 Å². The van der Waals surface area contributed by atoms with E-state index in [-0.39, 0.29) is 13.2 Å². The molecule has 2 aromatic rings. The quantitative estimate of drug-likeness (QED) is 0.278. The summed E-state index contributed by atoms with van der Waals surface area (Å²) in [5.74, 6) is -0.847. The third-order valence-corrected chi connectivity index (χ3v) is 6.15. The molecule has 0 radical (unpaired) electrons. The van der Waals surface area contributed by atoms with Crippen molar-refractivity contribution in [1.82, 2.24) is 9.78 Å². The van der Waals surface area contributed by atoms with Crippen LogP contribution in [0.2, 0.25) is 10.0 Å². The summed E-state index contributed by atoms with van der Waals surface area (Å²) in [5.41, 5.74) is -8.89. The number of aromatic nitrogens is 2. The lowest BCUT2D eigenvalue weighted by atomic mass is 10.2. The number of anilines is 1. The zero-order chi connectivity index (χ0) is 26.1. The number of sulfone groups is 1. The minimum atomic E-state index is -6.16. The zero-order valence-corrected chi connectivity index (χ0v) is 19.4. The molecule has 0 N–H and O–H groups in total. The lowest BCUT2D eigenvalue weighted by Gasteiger charge is -2.22. The minimum absolute atomic E-state index is 0.154. The summed E-state index contributed by atoms with van der Waals surface area (Å²) < 4.78 is 105.